The van der Waals surface area contributed by atoms with Crippen LogP contribution >= 0.6 is 0 Å². The molecule has 0 heterocycles. The maximum atomic E-state index is 5.56. The van der Waals surface area contributed by atoms with E-state index in [1.165, 1.54) is 5.56 Å². The number of rotatable bonds is 6. The van der Waals surface area contributed by atoms with Gasteiger partial charge in [-0.3, -0.25) is 0 Å². The molecule has 1 unspecified atom stereocenters. The van der Waals surface area contributed by atoms with Crippen molar-refractivity contribution in [2.24, 2.45) is 0 Å². The Balaban J connectivity index is 2.23. The zero-order valence-corrected chi connectivity index (χ0v) is 8.90. The Kier molecular flexibility index (Phi) is 5.27. The third kappa shape index (κ3) is 4.40. The normalized spacial score (nSPS) is 12.7. The van der Waals surface area contributed by atoms with Gasteiger partial charge in [0.2, 0.25) is 0 Å². The van der Waals surface area contributed by atoms with Crippen LogP contribution in [0.5, 0.6) is 0 Å². The maximum absolute atomic E-state index is 5.56. The first-order chi connectivity index (χ1) is 6.83. The van der Waals surface area contributed by atoms with Crippen LogP contribution in [-0.2, 0) is 15.9 Å². The van der Waals surface area contributed by atoms with Crippen LogP contribution in [0, 0.1) is 0 Å². The van der Waals surface area contributed by atoms with Gasteiger partial charge in [0.15, 0.2) is 0 Å². The fourth-order valence-electron chi connectivity index (χ4n) is 1.34. The minimum atomic E-state index is 0.257. The van der Waals surface area contributed by atoms with E-state index in [9.17, 15) is 0 Å². The van der Waals surface area contributed by atoms with Gasteiger partial charge in [-0.15, -0.1) is 0 Å². The van der Waals surface area contributed by atoms with Crippen molar-refractivity contribution in [3.8, 4) is 0 Å². The molecule has 1 aromatic carbocycles. The Labute approximate surface area is 85.8 Å². The first-order valence-electron chi connectivity index (χ1n) is 4.97. The summed E-state index contributed by atoms with van der Waals surface area (Å²) in [6.07, 6.45) is 1.22. The highest BCUT2D eigenvalue weighted by Crippen LogP contribution is 2.05. The molecule has 0 aliphatic carbocycles. The summed E-state index contributed by atoms with van der Waals surface area (Å²) in [5, 5.41) is 0. The van der Waals surface area contributed by atoms with Crippen LogP contribution in [-0.4, -0.2) is 26.4 Å². The molecule has 14 heavy (non-hydrogen) atoms. The van der Waals surface area contributed by atoms with Gasteiger partial charge in [-0.25, -0.2) is 0 Å². The third-order valence-electron chi connectivity index (χ3n) is 2.06. The van der Waals surface area contributed by atoms with E-state index in [4.69, 9.17) is 9.47 Å². The van der Waals surface area contributed by atoms with Crippen LogP contribution < -0.4 is 0 Å². The van der Waals surface area contributed by atoms with E-state index >= 15 is 0 Å². The van der Waals surface area contributed by atoms with Crippen molar-refractivity contribution < 1.29 is 9.47 Å². The zero-order chi connectivity index (χ0) is 10.2. The van der Waals surface area contributed by atoms with Crippen LogP contribution in [0.1, 0.15) is 12.5 Å². The van der Waals surface area contributed by atoms with Crippen molar-refractivity contribution in [2.75, 3.05) is 20.3 Å². The van der Waals surface area contributed by atoms with E-state index < -0.39 is 0 Å². The molecule has 78 valence electrons. The number of hydrogen-bond acceptors (Lipinski definition) is 2. The van der Waals surface area contributed by atoms with Crippen molar-refractivity contribution in [3.05, 3.63) is 35.9 Å². The van der Waals surface area contributed by atoms with E-state index in [1.807, 2.05) is 6.07 Å². The van der Waals surface area contributed by atoms with E-state index in [0.717, 1.165) is 6.42 Å². The molecule has 0 bridgehead atoms. The van der Waals surface area contributed by atoms with Crippen LogP contribution in [0.3, 0.4) is 0 Å². The molecule has 1 atom stereocenters. The molecule has 2 nitrogen and oxygen atoms in total. The lowest BCUT2D eigenvalue weighted by molar-refractivity contribution is 0.0267. The Morgan fingerprint density at radius 1 is 1.14 bits per heavy atom. The first kappa shape index (κ1) is 11.2. The Morgan fingerprint density at radius 2 is 1.86 bits per heavy atom. The molecule has 0 fully saturated rings. The summed E-state index contributed by atoms with van der Waals surface area (Å²) < 4.78 is 10.5. The highest BCUT2D eigenvalue weighted by Gasteiger charge is 2.02. The Bertz CT molecular complexity index is 233. The Hall–Kier alpha value is -0.860. The van der Waals surface area contributed by atoms with E-state index in [0.29, 0.717) is 13.2 Å². The molecule has 0 spiro atoms. The van der Waals surface area contributed by atoms with Gasteiger partial charge in [0.05, 0.1) is 19.3 Å². The minimum Gasteiger partial charge on any atom is -0.382 e. The number of hydrogen-bond donors (Lipinski definition) is 0. The fourth-order valence-corrected chi connectivity index (χ4v) is 1.34. The summed E-state index contributed by atoms with van der Waals surface area (Å²) in [6.45, 7) is 3.42. The second kappa shape index (κ2) is 6.57. The van der Waals surface area contributed by atoms with Crippen LogP contribution in [0.4, 0.5) is 0 Å². The van der Waals surface area contributed by atoms with E-state index in [2.05, 4.69) is 31.2 Å². The molecular formula is C12H18O2. The lowest BCUT2D eigenvalue weighted by Crippen LogP contribution is -2.14. The molecule has 0 saturated heterocycles. The van der Waals surface area contributed by atoms with Gasteiger partial charge < -0.3 is 9.47 Å². The monoisotopic (exact) mass is 194 g/mol. The second-order valence-electron chi connectivity index (χ2n) is 3.36. The number of methoxy groups -OCH3 is 1. The first-order valence-corrected chi connectivity index (χ1v) is 4.97. The van der Waals surface area contributed by atoms with Crippen LogP contribution in [0.15, 0.2) is 30.3 Å². The number of benzene rings is 1. The van der Waals surface area contributed by atoms with Crippen molar-refractivity contribution in [2.45, 2.75) is 19.4 Å². The second-order valence-corrected chi connectivity index (χ2v) is 3.36. The molecular weight excluding hydrogens is 176 g/mol. The summed E-state index contributed by atoms with van der Waals surface area (Å²) in [6, 6.07) is 10.4. The van der Waals surface area contributed by atoms with Crippen molar-refractivity contribution in [3.63, 3.8) is 0 Å². The average Bonchev–Trinajstić information content (AvgIpc) is 2.20. The molecule has 0 saturated carbocycles. The number of ether oxygens (including phenoxy) is 2. The summed E-state index contributed by atoms with van der Waals surface area (Å²) in [5.74, 6) is 0. The molecule has 0 amide bonds. The summed E-state index contributed by atoms with van der Waals surface area (Å²) in [7, 11) is 1.69. The molecule has 0 N–H and O–H groups in total. The highest BCUT2D eigenvalue weighted by molar-refractivity contribution is 5.15. The SMILES string of the molecule is COCCOC(C)Cc1ccccc1. The maximum Gasteiger partial charge on any atom is 0.0704 e. The van der Waals surface area contributed by atoms with Crippen molar-refractivity contribution in [1.29, 1.82) is 0 Å². The molecule has 1 rings (SSSR count). The van der Waals surface area contributed by atoms with Crippen molar-refractivity contribution in [1.82, 2.24) is 0 Å². The predicted octanol–water partition coefficient (Wildman–Crippen LogP) is 2.28. The van der Waals surface area contributed by atoms with Gasteiger partial charge in [-0.2, -0.15) is 0 Å². The van der Waals surface area contributed by atoms with Crippen molar-refractivity contribution >= 4 is 0 Å². The van der Waals surface area contributed by atoms with Gasteiger partial charge in [-0.1, -0.05) is 30.3 Å². The predicted molar refractivity (Wildman–Crippen MR) is 57.4 cm³/mol. The largest absolute Gasteiger partial charge is 0.382 e. The standard InChI is InChI=1S/C12H18O2/c1-11(14-9-8-13-2)10-12-6-4-3-5-7-12/h3-7,11H,8-10H2,1-2H3. The highest BCUT2D eigenvalue weighted by atomic mass is 16.5. The van der Waals surface area contributed by atoms with E-state index in [-0.39, 0.29) is 6.10 Å². The van der Waals surface area contributed by atoms with Gasteiger partial charge in [0.1, 0.15) is 0 Å². The summed E-state index contributed by atoms with van der Waals surface area (Å²) in [5.41, 5.74) is 1.32. The quantitative estimate of drug-likeness (QED) is 0.647. The fraction of sp³-hybridized carbons (Fsp3) is 0.500. The molecule has 0 radical (unpaired) electrons. The molecule has 1 aromatic rings. The zero-order valence-electron chi connectivity index (χ0n) is 8.90. The molecule has 0 aliphatic heterocycles. The van der Waals surface area contributed by atoms with Crippen LogP contribution in [0.2, 0.25) is 0 Å². The Morgan fingerprint density at radius 3 is 2.50 bits per heavy atom. The minimum absolute atomic E-state index is 0.257. The van der Waals surface area contributed by atoms with Gasteiger partial charge in [0, 0.05) is 7.11 Å². The summed E-state index contributed by atoms with van der Waals surface area (Å²) in [4.78, 5) is 0. The van der Waals surface area contributed by atoms with Gasteiger partial charge >= 0.3 is 0 Å². The van der Waals surface area contributed by atoms with Gasteiger partial charge in [0.25, 0.3) is 0 Å². The molecule has 0 aliphatic rings. The molecule has 0 aromatic heterocycles. The third-order valence-corrected chi connectivity index (χ3v) is 2.06. The topological polar surface area (TPSA) is 18.5 Å². The van der Waals surface area contributed by atoms with Crippen LogP contribution in [0.25, 0.3) is 0 Å². The summed E-state index contributed by atoms with van der Waals surface area (Å²) >= 11 is 0. The molecule has 2 heteroatoms. The lowest BCUT2D eigenvalue weighted by Gasteiger charge is -2.12. The van der Waals surface area contributed by atoms with Gasteiger partial charge in [-0.05, 0) is 18.9 Å². The van der Waals surface area contributed by atoms with E-state index in [1.54, 1.807) is 7.11 Å². The smallest absolute Gasteiger partial charge is 0.0704 e. The lowest BCUT2D eigenvalue weighted by atomic mass is 10.1. The average molecular weight is 194 g/mol.